The summed E-state index contributed by atoms with van der Waals surface area (Å²) in [6, 6.07) is 12.7. The van der Waals surface area contributed by atoms with Gasteiger partial charge in [0.25, 0.3) is 5.91 Å². The molecule has 0 radical (unpaired) electrons. The molecule has 0 saturated carbocycles. The number of aliphatic hydroxyl groups excluding tert-OH is 1. The van der Waals surface area contributed by atoms with Gasteiger partial charge < -0.3 is 5.11 Å². The molecule has 1 aliphatic rings. The second kappa shape index (κ2) is 8.06. The molecule has 150 valence electrons. The van der Waals surface area contributed by atoms with Crippen LogP contribution in [0.15, 0.2) is 53.8 Å². The zero-order chi connectivity index (χ0) is 19.9. The van der Waals surface area contributed by atoms with E-state index >= 15 is 0 Å². The van der Waals surface area contributed by atoms with Crippen LogP contribution < -0.4 is 4.90 Å². The monoisotopic (exact) mass is 444 g/mol. The van der Waals surface area contributed by atoms with Gasteiger partial charge in [-0.3, -0.25) is 14.5 Å². The fraction of sp³-hybridized carbons (Fsp3) is 0.238. The van der Waals surface area contributed by atoms with E-state index in [-0.39, 0.29) is 32.8 Å². The predicted octanol–water partition coefficient (Wildman–Crippen LogP) is 4.79. The van der Waals surface area contributed by atoms with Crippen molar-refractivity contribution in [3.8, 4) is 0 Å². The summed E-state index contributed by atoms with van der Waals surface area (Å²) in [7, 11) is 0. The fourth-order valence-corrected chi connectivity index (χ4v) is 3.24. The van der Waals surface area contributed by atoms with E-state index in [1.807, 2.05) is 0 Å². The number of rotatable bonds is 3. The molecule has 2 aromatic rings. The van der Waals surface area contributed by atoms with Crippen LogP contribution in [0.4, 0.5) is 10.1 Å². The molecule has 1 amide bonds. The van der Waals surface area contributed by atoms with E-state index in [0.717, 1.165) is 4.90 Å². The SMILES string of the molecule is CC(C)(C)C(=O)C1=C(O)C(=O)N(c2cccc(Cl)c2F)C1c1cc[c-]cc1.[Ni]. The van der Waals surface area contributed by atoms with E-state index in [4.69, 9.17) is 11.6 Å². The third kappa shape index (κ3) is 3.72. The van der Waals surface area contributed by atoms with Gasteiger partial charge in [0.15, 0.2) is 17.4 Å². The summed E-state index contributed by atoms with van der Waals surface area (Å²) in [6.45, 7) is 5.08. The molecule has 0 fully saturated rings. The van der Waals surface area contributed by atoms with Crippen LogP contribution in [0.25, 0.3) is 0 Å². The van der Waals surface area contributed by atoms with Gasteiger partial charge >= 0.3 is 0 Å². The Kier molecular flexibility index (Phi) is 6.37. The predicted molar refractivity (Wildman–Crippen MR) is 101 cm³/mol. The van der Waals surface area contributed by atoms with Crippen LogP contribution in [0.3, 0.4) is 0 Å². The minimum absolute atomic E-state index is 0. The van der Waals surface area contributed by atoms with E-state index in [2.05, 4.69) is 6.07 Å². The van der Waals surface area contributed by atoms with Crippen molar-refractivity contribution in [2.24, 2.45) is 5.41 Å². The zero-order valence-corrected chi connectivity index (χ0v) is 17.1. The van der Waals surface area contributed by atoms with Gasteiger partial charge in [-0.05, 0) is 12.1 Å². The van der Waals surface area contributed by atoms with Crippen LogP contribution in [-0.4, -0.2) is 16.8 Å². The van der Waals surface area contributed by atoms with E-state index in [0.29, 0.717) is 5.56 Å². The molecule has 2 aromatic carbocycles. The number of ketones is 1. The number of benzene rings is 2. The maximum atomic E-state index is 14.7. The van der Waals surface area contributed by atoms with Crippen LogP contribution in [0.2, 0.25) is 5.02 Å². The van der Waals surface area contributed by atoms with E-state index in [9.17, 15) is 19.1 Å². The summed E-state index contributed by atoms with van der Waals surface area (Å²) < 4.78 is 14.7. The van der Waals surface area contributed by atoms with Gasteiger partial charge in [-0.15, -0.1) is 5.56 Å². The standard InChI is InChI=1S/C21H18ClFNO3.Ni/c1-21(2,3)19(26)15-17(12-8-5-4-6-9-12)24(20(27)18(15)25)14-11-7-10-13(22)16(14)23;/h5-11,17,25H,1-3H3;/q-1;. The Hall–Kier alpha value is -2.17. The number of hydrogen-bond donors (Lipinski definition) is 1. The molecule has 0 saturated heterocycles. The van der Waals surface area contributed by atoms with Crippen LogP contribution in [0, 0.1) is 17.3 Å². The summed E-state index contributed by atoms with van der Waals surface area (Å²) in [5, 5.41) is 10.4. The van der Waals surface area contributed by atoms with E-state index in [1.165, 1.54) is 18.2 Å². The second-order valence-corrected chi connectivity index (χ2v) is 7.73. The Balaban J connectivity index is 0.00000280. The van der Waals surface area contributed by atoms with Gasteiger partial charge in [-0.2, -0.15) is 30.3 Å². The van der Waals surface area contributed by atoms with Crippen molar-refractivity contribution in [3.63, 3.8) is 0 Å². The largest absolute Gasteiger partial charge is 0.503 e. The van der Waals surface area contributed by atoms with E-state index < -0.39 is 34.7 Å². The summed E-state index contributed by atoms with van der Waals surface area (Å²) in [5.74, 6) is -2.71. The average Bonchev–Trinajstić information content (AvgIpc) is 2.88. The van der Waals surface area contributed by atoms with Crippen molar-refractivity contribution in [2.45, 2.75) is 26.8 Å². The number of Topliss-reactive ketones (excluding diaryl/α,β-unsaturated/α-hetero) is 1. The molecule has 0 aromatic heterocycles. The third-order valence-corrected chi connectivity index (χ3v) is 4.68. The van der Waals surface area contributed by atoms with Crippen molar-refractivity contribution in [1.29, 1.82) is 0 Å². The minimum Gasteiger partial charge on any atom is -0.503 e. The number of halogens is 2. The maximum Gasteiger partial charge on any atom is 0.294 e. The molecule has 4 nitrogen and oxygen atoms in total. The van der Waals surface area contributed by atoms with Gasteiger partial charge in [0.1, 0.15) is 0 Å². The smallest absolute Gasteiger partial charge is 0.294 e. The first-order valence-corrected chi connectivity index (χ1v) is 8.74. The first-order valence-electron chi connectivity index (χ1n) is 8.36. The molecule has 7 heteroatoms. The molecule has 0 spiro atoms. The Labute approximate surface area is 177 Å². The number of aliphatic hydroxyl groups is 1. The number of carbonyl (C=O) groups is 2. The molecule has 0 aliphatic carbocycles. The molecule has 3 rings (SSSR count). The number of hydrogen-bond acceptors (Lipinski definition) is 3. The van der Waals surface area contributed by atoms with Crippen LogP contribution >= 0.6 is 11.6 Å². The molecule has 1 N–H and O–H groups in total. The molecule has 1 heterocycles. The van der Waals surface area contributed by atoms with Crippen molar-refractivity contribution in [3.05, 3.63) is 76.3 Å². The Morgan fingerprint density at radius 1 is 1.21 bits per heavy atom. The quantitative estimate of drug-likeness (QED) is 0.546. The molecule has 1 unspecified atom stereocenters. The first kappa shape index (κ1) is 22.1. The molecule has 0 bridgehead atoms. The van der Waals surface area contributed by atoms with Gasteiger partial charge in [0.05, 0.1) is 22.3 Å². The summed E-state index contributed by atoms with van der Waals surface area (Å²) >= 11 is 5.88. The summed E-state index contributed by atoms with van der Waals surface area (Å²) in [4.78, 5) is 26.9. The third-order valence-electron chi connectivity index (χ3n) is 4.38. The number of amides is 1. The van der Waals surface area contributed by atoms with Crippen molar-refractivity contribution in [1.82, 2.24) is 0 Å². The summed E-state index contributed by atoms with van der Waals surface area (Å²) in [6.07, 6.45) is 0. The fourth-order valence-electron chi connectivity index (χ4n) is 3.07. The van der Waals surface area contributed by atoms with Crippen molar-refractivity contribution < 1.29 is 35.6 Å². The minimum atomic E-state index is -0.966. The van der Waals surface area contributed by atoms with Crippen LogP contribution in [0.5, 0.6) is 0 Å². The number of carbonyl (C=O) groups excluding carboxylic acids is 2. The molecule has 1 atom stereocenters. The number of anilines is 1. The average molecular weight is 446 g/mol. The normalized spacial score (nSPS) is 17.0. The molecule has 1 aliphatic heterocycles. The van der Waals surface area contributed by atoms with Gasteiger partial charge in [0, 0.05) is 21.9 Å². The van der Waals surface area contributed by atoms with Gasteiger partial charge in [0.2, 0.25) is 0 Å². The number of nitrogens with zero attached hydrogens (tertiary/aromatic N) is 1. The summed E-state index contributed by atoms with van der Waals surface area (Å²) in [5.41, 5.74) is -0.448. The van der Waals surface area contributed by atoms with Gasteiger partial charge in [-0.25, -0.2) is 4.39 Å². The Morgan fingerprint density at radius 2 is 1.82 bits per heavy atom. The van der Waals surface area contributed by atoms with Crippen LogP contribution in [-0.2, 0) is 26.1 Å². The van der Waals surface area contributed by atoms with E-state index in [1.54, 1.807) is 45.0 Å². The first-order chi connectivity index (χ1) is 12.6. The topological polar surface area (TPSA) is 57.6 Å². The molecular formula is C21H18ClFNNiO3-. The van der Waals surface area contributed by atoms with Crippen molar-refractivity contribution in [2.75, 3.05) is 4.90 Å². The van der Waals surface area contributed by atoms with Gasteiger partial charge in [-0.1, -0.05) is 38.4 Å². The van der Waals surface area contributed by atoms with Crippen LogP contribution in [0.1, 0.15) is 32.4 Å². The molecule has 28 heavy (non-hydrogen) atoms. The molecular weight excluding hydrogens is 427 g/mol. The second-order valence-electron chi connectivity index (χ2n) is 7.33. The Bertz CT molecular complexity index is 954. The maximum absolute atomic E-state index is 14.7. The zero-order valence-electron chi connectivity index (χ0n) is 15.4. The van der Waals surface area contributed by atoms with Crippen molar-refractivity contribution >= 4 is 29.0 Å². The Morgan fingerprint density at radius 3 is 2.39 bits per heavy atom.